The highest BCUT2D eigenvalue weighted by Crippen LogP contribution is 2.30. The van der Waals surface area contributed by atoms with Crippen LogP contribution in [0, 0.1) is 6.92 Å². The first-order valence-electron chi connectivity index (χ1n) is 8.66. The molecule has 3 rings (SSSR count). The molecule has 1 aromatic carbocycles. The minimum Gasteiger partial charge on any atom is -0.493 e. The Labute approximate surface area is 163 Å². The van der Waals surface area contributed by atoms with Gasteiger partial charge in [-0.05, 0) is 31.5 Å². The molecule has 2 heterocycles. The van der Waals surface area contributed by atoms with Crippen molar-refractivity contribution in [2.45, 2.75) is 25.9 Å². The van der Waals surface area contributed by atoms with Gasteiger partial charge in [0.1, 0.15) is 0 Å². The number of ether oxygens (including phenoxy) is 1. The third-order valence-electron chi connectivity index (χ3n) is 3.98. The van der Waals surface area contributed by atoms with Crippen molar-refractivity contribution in [3.05, 3.63) is 53.4 Å². The molecule has 11 heteroatoms. The van der Waals surface area contributed by atoms with Crippen molar-refractivity contribution >= 4 is 5.91 Å². The predicted molar refractivity (Wildman–Crippen MR) is 94.8 cm³/mol. The van der Waals surface area contributed by atoms with Crippen LogP contribution in [0.5, 0.6) is 5.75 Å². The molecule has 29 heavy (non-hydrogen) atoms. The van der Waals surface area contributed by atoms with Crippen LogP contribution in [0.3, 0.4) is 0 Å². The number of alkyl halides is 3. The van der Waals surface area contributed by atoms with Crippen LogP contribution in [0.2, 0.25) is 0 Å². The van der Waals surface area contributed by atoms with E-state index in [0.717, 1.165) is 12.1 Å². The number of carbonyl (C=O) groups excluding carboxylic acids is 1. The van der Waals surface area contributed by atoms with E-state index >= 15 is 0 Å². The minimum atomic E-state index is -4.48. The zero-order valence-electron chi connectivity index (χ0n) is 15.7. The highest BCUT2D eigenvalue weighted by molar-refractivity contribution is 5.94. The van der Waals surface area contributed by atoms with E-state index in [0.29, 0.717) is 31.1 Å². The van der Waals surface area contributed by atoms with Crippen LogP contribution in [0.15, 0.2) is 35.0 Å². The Kier molecular flexibility index (Phi) is 5.85. The van der Waals surface area contributed by atoms with E-state index in [-0.39, 0.29) is 17.1 Å². The molecule has 0 aliphatic rings. The molecule has 1 amide bonds. The van der Waals surface area contributed by atoms with Crippen molar-refractivity contribution in [1.29, 1.82) is 0 Å². The monoisotopic (exact) mass is 409 g/mol. The molecule has 0 bridgehead atoms. The summed E-state index contributed by atoms with van der Waals surface area (Å²) < 4.78 is 50.1. The molecule has 2 aromatic heterocycles. The molecule has 8 nitrogen and oxygen atoms in total. The van der Waals surface area contributed by atoms with Crippen LogP contribution in [0.1, 0.15) is 34.2 Å². The SMILES string of the molecule is COc1cn(-c2cccc(C(F)(F)F)c2)nc1C(=O)NCCCc1nc(C)no1. The van der Waals surface area contributed by atoms with E-state index in [9.17, 15) is 18.0 Å². The Bertz CT molecular complexity index is 997. The summed E-state index contributed by atoms with van der Waals surface area (Å²) in [6.07, 6.45) is -2.07. The Morgan fingerprint density at radius 2 is 2.14 bits per heavy atom. The lowest BCUT2D eigenvalue weighted by Gasteiger charge is -2.08. The summed E-state index contributed by atoms with van der Waals surface area (Å²) in [5.74, 6) is 0.652. The molecule has 0 aliphatic carbocycles. The lowest BCUT2D eigenvalue weighted by Crippen LogP contribution is -2.25. The van der Waals surface area contributed by atoms with Crippen molar-refractivity contribution in [3.8, 4) is 11.4 Å². The van der Waals surface area contributed by atoms with Crippen molar-refractivity contribution in [2.75, 3.05) is 13.7 Å². The van der Waals surface area contributed by atoms with Gasteiger partial charge in [0.25, 0.3) is 5.91 Å². The molecule has 154 valence electrons. The van der Waals surface area contributed by atoms with Crippen LogP contribution < -0.4 is 10.1 Å². The van der Waals surface area contributed by atoms with Crippen molar-refractivity contribution in [3.63, 3.8) is 0 Å². The maximum Gasteiger partial charge on any atom is 0.416 e. The standard InChI is InChI=1S/C18H18F3N5O3/c1-11-23-15(29-25-11)7-4-8-22-17(27)16-14(28-2)10-26(24-16)13-6-3-5-12(9-13)18(19,20)21/h3,5-6,9-10H,4,7-8H2,1-2H3,(H,22,27). The fourth-order valence-corrected chi connectivity index (χ4v) is 2.59. The second-order valence-corrected chi connectivity index (χ2v) is 6.13. The zero-order valence-corrected chi connectivity index (χ0v) is 15.7. The third-order valence-corrected chi connectivity index (χ3v) is 3.98. The van der Waals surface area contributed by atoms with Gasteiger partial charge in [-0.1, -0.05) is 11.2 Å². The average molecular weight is 409 g/mol. The van der Waals surface area contributed by atoms with Gasteiger partial charge in [-0.3, -0.25) is 4.79 Å². The lowest BCUT2D eigenvalue weighted by atomic mass is 10.2. The number of hydrogen-bond donors (Lipinski definition) is 1. The van der Waals surface area contributed by atoms with E-state index < -0.39 is 17.6 Å². The molecular formula is C18H18F3N5O3. The number of halogens is 3. The number of aryl methyl sites for hydroxylation is 2. The van der Waals surface area contributed by atoms with Gasteiger partial charge in [0, 0.05) is 13.0 Å². The summed E-state index contributed by atoms with van der Waals surface area (Å²) in [5, 5.41) is 10.5. The third kappa shape index (κ3) is 4.92. The summed E-state index contributed by atoms with van der Waals surface area (Å²) in [5.41, 5.74) is -0.686. The quantitative estimate of drug-likeness (QED) is 0.603. The number of nitrogens with one attached hydrogen (secondary N) is 1. The fraction of sp³-hybridized carbons (Fsp3) is 0.333. The number of nitrogens with zero attached hydrogens (tertiary/aromatic N) is 4. The van der Waals surface area contributed by atoms with Gasteiger partial charge in [0.05, 0.1) is 24.6 Å². The van der Waals surface area contributed by atoms with Gasteiger partial charge in [-0.25, -0.2) is 4.68 Å². The van der Waals surface area contributed by atoms with Crippen molar-refractivity contribution in [1.82, 2.24) is 25.2 Å². The van der Waals surface area contributed by atoms with Crippen LogP contribution in [-0.4, -0.2) is 39.5 Å². The smallest absolute Gasteiger partial charge is 0.416 e. The lowest BCUT2D eigenvalue weighted by molar-refractivity contribution is -0.137. The minimum absolute atomic E-state index is 0.0291. The second kappa shape index (κ2) is 8.33. The van der Waals surface area contributed by atoms with Gasteiger partial charge in [-0.2, -0.15) is 23.3 Å². The normalized spacial score (nSPS) is 11.5. The van der Waals surface area contributed by atoms with Gasteiger partial charge >= 0.3 is 6.18 Å². The van der Waals surface area contributed by atoms with E-state index in [1.54, 1.807) is 6.92 Å². The number of carbonyl (C=O) groups is 1. The molecule has 0 radical (unpaired) electrons. The second-order valence-electron chi connectivity index (χ2n) is 6.13. The Hall–Kier alpha value is -3.37. The number of benzene rings is 1. The molecule has 0 aliphatic heterocycles. The van der Waals surface area contributed by atoms with Gasteiger partial charge < -0.3 is 14.6 Å². The molecule has 0 spiro atoms. The number of amides is 1. The first kappa shape index (κ1) is 20.4. The van der Waals surface area contributed by atoms with Crippen molar-refractivity contribution in [2.24, 2.45) is 0 Å². The first-order valence-corrected chi connectivity index (χ1v) is 8.66. The van der Waals surface area contributed by atoms with Gasteiger partial charge in [-0.15, -0.1) is 0 Å². The summed E-state index contributed by atoms with van der Waals surface area (Å²) in [6.45, 7) is 2.03. The summed E-state index contributed by atoms with van der Waals surface area (Å²) in [6, 6.07) is 4.63. The highest BCUT2D eigenvalue weighted by atomic mass is 19.4. The van der Waals surface area contributed by atoms with Gasteiger partial charge in [0.15, 0.2) is 17.3 Å². The molecular weight excluding hydrogens is 391 g/mol. The van der Waals surface area contributed by atoms with Crippen LogP contribution >= 0.6 is 0 Å². The number of rotatable bonds is 7. The number of hydrogen-bond acceptors (Lipinski definition) is 6. The zero-order chi connectivity index (χ0) is 21.0. The first-order chi connectivity index (χ1) is 13.8. The Balaban J connectivity index is 1.68. The molecule has 0 saturated heterocycles. The van der Waals surface area contributed by atoms with E-state index in [4.69, 9.17) is 9.26 Å². The predicted octanol–water partition coefficient (Wildman–Crippen LogP) is 2.95. The molecule has 1 N–H and O–H groups in total. The number of methoxy groups -OCH3 is 1. The Morgan fingerprint density at radius 1 is 1.34 bits per heavy atom. The highest BCUT2D eigenvalue weighted by Gasteiger charge is 2.30. The van der Waals surface area contributed by atoms with Crippen LogP contribution in [-0.2, 0) is 12.6 Å². The maximum absolute atomic E-state index is 12.9. The van der Waals surface area contributed by atoms with Gasteiger partial charge in [0.2, 0.25) is 5.89 Å². The van der Waals surface area contributed by atoms with Crippen molar-refractivity contribution < 1.29 is 27.2 Å². The molecule has 0 saturated carbocycles. The van der Waals surface area contributed by atoms with Crippen LogP contribution in [0.25, 0.3) is 5.69 Å². The maximum atomic E-state index is 12.9. The van der Waals surface area contributed by atoms with E-state index in [2.05, 4.69) is 20.6 Å². The Morgan fingerprint density at radius 3 is 2.79 bits per heavy atom. The largest absolute Gasteiger partial charge is 0.493 e. The average Bonchev–Trinajstić information content (AvgIpc) is 3.30. The number of aromatic nitrogens is 4. The summed E-state index contributed by atoms with van der Waals surface area (Å²) >= 11 is 0. The van der Waals surface area contributed by atoms with E-state index in [1.807, 2.05) is 0 Å². The topological polar surface area (TPSA) is 95.1 Å². The molecule has 0 unspecified atom stereocenters. The van der Waals surface area contributed by atoms with E-state index in [1.165, 1.54) is 30.1 Å². The molecule has 3 aromatic rings. The molecule has 0 atom stereocenters. The molecule has 0 fully saturated rings. The summed E-state index contributed by atoms with van der Waals surface area (Å²) in [7, 11) is 1.35. The van der Waals surface area contributed by atoms with Crippen LogP contribution in [0.4, 0.5) is 13.2 Å². The fourth-order valence-electron chi connectivity index (χ4n) is 2.59. The summed E-state index contributed by atoms with van der Waals surface area (Å²) in [4.78, 5) is 16.5.